The van der Waals surface area contributed by atoms with Crippen LogP contribution in [0.4, 0.5) is 10.5 Å². The summed E-state index contributed by atoms with van der Waals surface area (Å²) < 4.78 is 33.6. The molecule has 9 heteroatoms. The molecular weight excluding hydrogens is 340 g/mol. The van der Waals surface area contributed by atoms with Crippen molar-refractivity contribution in [3.8, 4) is 5.19 Å². The van der Waals surface area contributed by atoms with Crippen molar-refractivity contribution in [3.05, 3.63) is 35.8 Å². The Morgan fingerprint density at radius 3 is 2.74 bits per heavy atom. The topological polar surface area (TPSA) is 85.8 Å². The highest BCUT2D eigenvalue weighted by Crippen LogP contribution is 2.24. The largest absolute Gasteiger partial charge is 0.466 e. The molecule has 0 saturated carbocycles. The van der Waals surface area contributed by atoms with Gasteiger partial charge in [-0.15, -0.1) is 0 Å². The Hall–Kier alpha value is -2.13. The first-order valence-corrected chi connectivity index (χ1v) is 9.51. The number of thiazole rings is 1. The highest BCUT2D eigenvalue weighted by atomic mass is 32.2. The van der Waals surface area contributed by atoms with Gasteiger partial charge in [0.2, 0.25) is 0 Å². The molecule has 1 aromatic heterocycles. The lowest BCUT2D eigenvalue weighted by atomic mass is 10.3. The van der Waals surface area contributed by atoms with Gasteiger partial charge in [0.05, 0.1) is 11.4 Å². The first-order valence-electron chi connectivity index (χ1n) is 6.74. The van der Waals surface area contributed by atoms with E-state index >= 15 is 0 Å². The number of ether oxygens (including phenoxy) is 2. The van der Waals surface area contributed by atoms with Crippen LogP contribution >= 0.6 is 11.3 Å². The molecule has 0 spiro atoms. The molecule has 2 aromatic rings. The second-order valence-electron chi connectivity index (χ2n) is 4.99. The van der Waals surface area contributed by atoms with E-state index < -0.39 is 22.0 Å². The Labute approximate surface area is 137 Å². The van der Waals surface area contributed by atoms with Gasteiger partial charge in [0, 0.05) is 23.5 Å². The molecule has 0 bridgehead atoms. The van der Waals surface area contributed by atoms with Gasteiger partial charge >= 0.3 is 6.09 Å². The zero-order chi connectivity index (χ0) is 16.4. The van der Waals surface area contributed by atoms with Crippen LogP contribution in [-0.2, 0) is 14.6 Å². The van der Waals surface area contributed by atoms with Gasteiger partial charge in [-0.1, -0.05) is 11.3 Å². The van der Waals surface area contributed by atoms with E-state index in [2.05, 4.69) is 4.98 Å². The van der Waals surface area contributed by atoms with Crippen LogP contribution in [0.1, 0.15) is 0 Å². The summed E-state index contributed by atoms with van der Waals surface area (Å²) in [6, 6.07) is 6.11. The van der Waals surface area contributed by atoms with Crippen LogP contribution in [0.5, 0.6) is 5.19 Å². The molecule has 0 N–H and O–H groups in total. The number of aromatic nitrogens is 1. The van der Waals surface area contributed by atoms with Gasteiger partial charge in [-0.2, -0.15) is 0 Å². The van der Waals surface area contributed by atoms with E-state index in [0.29, 0.717) is 17.4 Å². The zero-order valence-corrected chi connectivity index (χ0v) is 13.8. The van der Waals surface area contributed by atoms with E-state index in [9.17, 15) is 13.2 Å². The quantitative estimate of drug-likeness (QED) is 0.816. The fourth-order valence-electron chi connectivity index (χ4n) is 2.14. The number of rotatable bonds is 5. The first kappa shape index (κ1) is 15.8. The number of anilines is 1. The molecular formula is C14H14N2O5S2. The summed E-state index contributed by atoms with van der Waals surface area (Å²) in [7, 11) is -3.26. The van der Waals surface area contributed by atoms with E-state index in [1.165, 1.54) is 28.4 Å². The molecule has 1 saturated heterocycles. The monoisotopic (exact) mass is 354 g/mol. The number of cyclic esters (lactones) is 1. The lowest BCUT2D eigenvalue weighted by Gasteiger charge is -2.13. The van der Waals surface area contributed by atoms with Crippen LogP contribution < -0.4 is 9.64 Å². The fourth-order valence-corrected chi connectivity index (χ4v) is 3.26. The number of hydrogen-bond donors (Lipinski definition) is 0. The summed E-state index contributed by atoms with van der Waals surface area (Å²) in [6.45, 7) is 0.555. The van der Waals surface area contributed by atoms with Gasteiger partial charge < -0.3 is 9.47 Å². The maximum absolute atomic E-state index is 11.9. The summed E-state index contributed by atoms with van der Waals surface area (Å²) in [5, 5.41) is 2.32. The minimum atomic E-state index is -3.26. The van der Waals surface area contributed by atoms with Gasteiger partial charge in [0.1, 0.15) is 6.61 Å². The third-order valence-electron chi connectivity index (χ3n) is 3.25. The number of benzene rings is 1. The summed E-state index contributed by atoms with van der Waals surface area (Å²) in [6.07, 6.45) is 1.89. The van der Waals surface area contributed by atoms with Gasteiger partial charge in [-0.3, -0.25) is 4.90 Å². The summed E-state index contributed by atoms with van der Waals surface area (Å²) in [5.41, 5.74) is 0.583. The standard InChI is InChI=1S/C14H14N2O5S2/c1-23(18,19)12-4-2-10(3-5-12)16-8-11(21-14(16)17)9-20-13-15-6-7-22-13/h2-7,11H,8-9H2,1H3/t11-/m1/s1. The molecule has 1 aliphatic rings. The van der Waals surface area contributed by atoms with Crippen LogP contribution in [0.25, 0.3) is 0 Å². The molecule has 0 radical (unpaired) electrons. The van der Waals surface area contributed by atoms with Crippen LogP contribution in [0.3, 0.4) is 0 Å². The minimum Gasteiger partial charge on any atom is -0.466 e. The maximum Gasteiger partial charge on any atom is 0.414 e. The molecule has 1 aliphatic heterocycles. The van der Waals surface area contributed by atoms with Gasteiger partial charge in [-0.05, 0) is 24.3 Å². The molecule has 1 aromatic carbocycles. The van der Waals surface area contributed by atoms with E-state index in [1.807, 2.05) is 0 Å². The second-order valence-corrected chi connectivity index (χ2v) is 7.86. The number of hydrogen-bond acceptors (Lipinski definition) is 7. The second kappa shape index (κ2) is 6.17. The third-order valence-corrected chi connectivity index (χ3v) is 5.06. The van der Waals surface area contributed by atoms with Gasteiger partial charge in [0.25, 0.3) is 5.19 Å². The van der Waals surface area contributed by atoms with Gasteiger partial charge in [0.15, 0.2) is 15.9 Å². The van der Waals surface area contributed by atoms with Crippen LogP contribution in [0, 0.1) is 0 Å². The molecule has 23 heavy (non-hydrogen) atoms. The number of carbonyl (C=O) groups excluding carboxylic acids is 1. The van der Waals surface area contributed by atoms with E-state index in [1.54, 1.807) is 23.7 Å². The van der Waals surface area contributed by atoms with Crippen molar-refractivity contribution in [3.63, 3.8) is 0 Å². The van der Waals surface area contributed by atoms with E-state index in [4.69, 9.17) is 9.47 Å². The van der Waals surface area contributed by atoms with Crippen molar-refractivity contribution < 1.29 is 22.7 Å². The van der Waals surface area contributed by atoms with Crippen LogP contribution in [-0.4, -0.2) is 45.0 Å². The van der Waals surface area contributed by atoms with Crippen molar-refractivity contribution in [2.24, 2.45) is 0 Å². The molecule has 122 valence electrons. The average Bonchev–Trinajstić information content (AvgIpc) is 3.14. The normalized spacial score (nSPS) is 18.0. The SMILES string of the molecule is CS(=O)(=O)c1ccc(N2C[C@H](COc3nccs3)OC2=O)cc1. The highest BCUT2D eigenvalue weighted by molar-refractivity contribution is 7.90. The van der Waals surface area contributed by atoms with Crippen molar-refractivity contribution >= 4 is 33.0 Å². The Morgan fingerprint density at radius 2 is 2.13 bits per heavy atom. The summed E-state index contributed by atoms with van der Waals surface area (Å²) in [4.78, 5) is 17.6. The molecule has 7 nitrogen and oxygen atoms in total. The molecule has 1 fully saturated rings. The maximum atomic E-state index is 11.9. The van der Waals surface area contributed by atoms with Crippen molar-refractivity contribution in [2.45, 2.75) is 11.0 Å². The lowest BCUT2D eigenvalue weighted by Crippen LogP contribution is -2.26. The molecule has 1 atom stereocenters. The highest BCUT2D eigenvalue weighted by Gasteiger charge is 2.33. The Morgan fingerprint density at radius 1 is 1.39 bits per heavy atom. The lowest BCUT2D eigenvalue weighted by molar-refractivity contribution is 0.105. The number of carbonyl (C=O) groups is 1. The fraction of sp³-hybridized carbons (Fsp3) is 0.286. The summed E-state index contributed by atoms with van der Waals surface area (Å²) in [5.74, 6) is 0. The smallest absolute Gasteiger partial charge is 0.414 e. The molecule has 2 heterocycles. The number of nitrogens with zero attached hydrogens (tertiary/aromatic N) is 2. The molecule has 0 unspecified atom stereocenters. The predicted octanol–water partition coefficient (Wildman–Crippen LogP) is 1.95. The first-order chi connectivity index (χ1) is 10.9. The van der Waals surface area contributed by atoms with Crippen molar-refractivity contribution in [1.82, 2.24) is 4.98 Å². The molecule has 3 rings (SSSR count). The Balaban J connectivity index is 1.65. The molecule has 1 amide bonds. The summed E-state index contributed by atoms with van der Waals surface area (Å²) >= 11 is 1.36. The Bertz CT molecular complexity index is 787. The minimum absolute atomic E-state index is 0.206. The Kier molecular flexibility index (Phi) is 4.22. The van der Waals surface area contributed by atoms with E-state index in [-0.39, 0.29) is 11.5 Å². The zero-order valence-electron chi connectivity index (χ0n) is 12.2. The van der Waals surface area contributed by atoms with Crippen molar-refractivity contribution in [1.29, 1.82) is 0 Å². The van der Waals surface area contributed by atoms with E-state index in [0.717, 1.165) is 6.26 Å². The van der Waals surface area contributed by atoms with Crippen LogP contribution in [0.2, 0.25) is 0 Å². The van der Waals surface area contributed by atoms with Crippen LogP contribution in [0.15, 0.2) is 40.7 Å². The third kappa shape index (κ3) is 3.62. The number of sulfone groups is 1. The van der Waals surface area contributed by atoms with Gasteiger partial charge in [-0.25, -0.2) is 18.2 Å². The average molecular weight is 354 g/mol. The van der Waals surface area contributed by atoms with Crippen molar-refractivity contribution in [2.75, 3.05) is 24.3 Å². The number of amides is 1. The predicted molar refractivity (Wildman–Crippen MR) is 84.8 cm³/mol. The molecule has 0 aliphatic carbocycles.